The van der Waals surface area contributed by atoms with Gasteiger partial charge in [0.05, 0.1) is 18.0 Å². The van der Waals surface area contributed by atoms with Crippen LogP contribution in [-0.4, -0.2) is 54.4 Å². The first-order chi connectivity index (χ1) is 12.5. The van der Waals surface area contributed by atoms with Crippen molar-refractivity contribution in [3.8, 4) is 5.75 Å². The third-order valence-corrected chi connectivity index (χ3v) is 5.01. The molecule has 0 radical (unpaired) electrons. The summed E-state index contributed by atoms with van der Waals surface area (Å²) in [5.41, 5.74) is -0.229. The predicted octanol–water partition coefficient (Wildman–Crippen LogP) is 0.767. The van der Waals surface area contributed by atoms with Crippen LogP contribution in [-0.2, 0) is 0 Å². The number of aromatic nitrogens is 1. The fourth-order valence-corrected chi connectivity index (χ4v) is 3.61. The van der Waals surface area contributed by atoms with Crippen LogP contribution in [0.5, 0.6) is 5.75 Å². The molecule has 0 amide bonds. The van der Waals surface area contributed by atoms with Gasteiger partial charge in [0.1, 0.15) is 11.3 Å². The minimum absolute atomic E-state index is 0. The lowest BCUT2D eigenvalue weighted by Gasteiger charge is -2.31. The zero-order chi connectivity index (χ0) is 18.4. The topological polar surface area (TPSA) is 115 Å². The van der Waals surface area contributed by atoms with Crippen LogP contribution in [0.25, 0.3) is 10.9 Å². The van der Waals surface area contributed by atoms with Crippen LogP contribution >= 0.6 is 0 Å². The van der Waals surface area contributed by atoms with Gasteiger partial charge in [-0.05, 0) is 18.9 Å². The Hall–Kier alpha value is -2.65. The van der Waals surface area contributed by atoms with E-state index in [0.717, 1.165) is 32.0 Å². The Labute approximate surface area is 154 Å². The molecular formula is C18H22FN3O5. The highest BCUT2D eigenvalue weighted by molar-refractivity contribution is 5.97. The molecule has 8 nitrogen and oxygen atoms in total. The standard InChI is InChI=1S/C18H20FN3O4.H2O/c1-26-17-14-11(8-13(19)15(17)21-6-4-20-5-7-21)16(23)12(18(24)25)9-22(14)10-2-3-10;/h8-10,20H,2-7H2,1H3,(H,24,25);1H2. The number of hydrogen-bond acceptors (Lipinski definition) is 5. The maximum absolute atomic E-state index is 15.0. The number of ether oxygens (including phenoxy) is 1. The van der Waals surface area contributed by atoms with Crippen LogP contribution in [0.1, 0.15) is 29.2 Å². The van der Waals surface area contributed by atoms with Gasteiger partial charge < -0.3 is 30.1 Å². The van der Waals surface area contributed by atoms with Gasteiger partial charge in [0, 0.05) is 38.4 Å². The molecule has 2 fully saturated rings. The number of nitrogens with zero attached hydrogens (tertiary/aromatic N) is 2. The molecule has 0 bridgehead atoms. The average molecular weight is 379 g/mol. The summed E-state index contributed by atoms with van der Waals surface area (Å²) in [6, 6.07) is 1.26. The first kappa shape index (κ1) is 19.1. The molecule has 2 aliphatic rings. The monoisotopic (exact) mass is 379 g/mol. The number of pyridine rings is 1. The summed E-state index contributed by atoms with van der Waals surface area (Å²) in [4.78, 5) is 26.0. The highest BCUT2D eigenvalue weighted by Crippen LogP contribution is 2.43. The molecule has 146 valence electrons. The molecule has 0 spiro atoms. The lowest BCUT2D eigenvalue weighted by molar-refractivity contribution is 0.0695. The van der Waals surface area contributed by atoms with E-state index < -0.39 is 17.2 Å². The van der Waals surface area contributed by atoms with E-state index in [0.29, 0.717) is 30.0 Å². The number of nitrogens with one attached hydrogen (secondary N) is 1. The third kappa shape index (κ3) is 3.13. The Bertz CT molecular complexity index is 948. The van der Waals surface area contributed by atoms with Crippen LogP contribution in [0.3, 0.4) is 0 Å². The molecule has 1 aliphatic heterocycles. The Morgan fingerprint density at radius 3 is 2.56 bits per heavy atom. The first-order valence-corrected chi connectivity index (χ1v) is 8.67. The number of piperazine rings is 1. The van der Waals surface area contributed by atoms with Gasteiger partial charge in [0.25, 0.3) is 0 Å². The van der Waals surface area contributed by atoms with Crippen LogP contribution in [0, 0.1) is 5.82 Å². The number of benzene rings is 1. The Morgan fingerprint density at radius 2 is 2.00 bits per heavy atom. The molecule has 2 aromatic rings. The molecule has 4 N–H and O–H groups in total. The van der Waals surface area contributed by atoms with Crippen molar-refractivity contribution >= 4 is 22.6 Å². The van der Waals surface area contributed by atoms with Crippen molar-refractivity contribution in [2.45, 2.75) is 18.9 Å². The SMILES string of the molecule is COc1c(N2CCNCC2)c(F)cc2c(=O)c(C(=O)O)cn(C3CC3)c12.O. The quantitative estimate of drug-likeness (QED) is 0.811. The Morgan fingerprint density at radius 1 is 1.33 bits per heavy atom. The van der Waals surface area contributed by atoms with Gasteiger partial charge in [-0.3, -0.25) is 4.79 Å². The number of anilines is 1. The summed E-state index contributed by atoms with van der Waals surface area (Å²) in [6.45, 7) is 2.71. The van der Waals surface area contributed by atoms with E-state index in [1.54, 1.807) is 4.57 Å². The molecule has 1 aliphatic carbocycles. The predicted molar refractivity (Wildman–Crippen MR) is 98.6 cm³/mol. The van der Waals surface area contributed by atoms with E-state index >= 15 is 0 Å². The normalized spacial score (nSPS) is 16.9. The lowest BCUT2D eigenvalue weighted by atomic mass is 10.1. The minimum Gasteiger partial charge on any atom is -0.492 e. The number of methoxy groups -OCH3 is 1. The number of rotatable bonds is 4. The second-order valence-corrected chi connectivity index (χ2v) is 6.69. The van der Waals surface area contributed by atoms with Gasteiger partial charge >= 0.3 is 5.97 Å². The van der Waals surface area contributed by atoms with Crippen molar-refractivity contribution in [3.63, 3.8) is 0 Å². The molecule has 2 heterocycles. The van der Waals surface area contributed by atoms with E-state index in [1.807, 2.05) is 4.90 Å². The lowest BCUT2D eigenvalue weighted by Crippen LogP contribution is -2.44. The van der Waals surface area contributed by atoms with E-state index in [4.69, 9.17) is 4.74 Å². The Kier molecular flexibility index (Phi) is 5.07. The zero-order valence-corrected chi connectivity index (χ0v) is 14.9. The average Bonchev–Trinajstić information content (AvgIpc) is 3.47. The number of fused-ring (bicyclic) bond motifs is 1. The molecule has 0 unspecified atom stereocenters. The van der Waals surface area contributed by atoms with Crippen molar-refractivity contribution in [2.75, 3.05) is 38.2 Å². The van der Waals surface area contributed by atoms with Gasteiger partial charge in [-0.15, -0.1) is 0 Å². The highest BCUT2D eigenvalue weighted by atomic mass is 19.1. The summed E-state index contributed by atoms with van der Waals surface area (Å²) in [5.74, 6) is -1.59. The highest BCUT2D eigenvalue weighted by Gasteiger charge is 2.31. The summed E-state index contributed by atoms with van der Waals surface area (Å²) in [5, 5.41) is 12.6. The van der Waals surface area contributed by atoms with Crippen LogP contribution in [0.4, 0.5) is 10.1 Å². The van der Waals surface area contributed by atoms with E-state index in [2.05, 4.69) is 5.32 Å². The summed E-state index contributed by atoms with van der Waals surface area (Å²) in [7, 11) is 1.45. The first-order valence-electron chi connectivity index (χ1n) is 8.67. The fourth-order valence-electron chi connectivity index (χ4n) is 3.61. The second-order valence-electron chi connectivity index (χ2n) is 6.69. The summed E-state index contributed by atoms with van der Waals surface area (Å²) < 4.78 is 22.3. The van der Waals surface area contributed by atoms with Crippen molar-refractivity contribution in [1.29, 1.82) is 0 Å². The molecule has 1 aromatic carbocycles. The molecular weight excluding hydrogens is 357 g/mol. The number of carboxylic acid groups (broad SMARTS) is 1. The molecule has 0 atom stereocenters. The smallest absolute Gasteiger partial charge is 0.341 e. The van der Waals surface area contributed by atoms with Gasteiger partial charge in [-0.1, -0.05) is 0 Å². The molecule has 1 saturated heterocycles. The largest absolute Gasteiger partial charge is 0.492 e. The molecule has 27 heavy (non-hydrogen) atoms. The number of hydrogen-bond donors (Lipinski definition) is 2. The van der Waals surface area contributed by atoms with Crippen molar-refractivity contribution < 1.29 is 24.5 Å². The summed E-state index contributed by atoms with van der Waals surface area (Å²) in [6.07, 6.45) is 3.15. The number of aromatic carboxylic acids is 1. The maximum atomic E-state index is 15.0. The van der Waals surface area contributed by atoms with E-state index in [-0.39, 0.29) is 22.5 Å². The van der Waals surface area contributed by atoms with Crippen LogP contribution in [0.15, 0.2) is 17.1 Å². The third-order valence-electron chi connectivity index (χ3n) is 5.01. The number of carbonyl (C=O) groups is 1. The van der Waals surface area contributed by atoms with Crippen molar-refractivity contribution in [1.82, 2.24) is 9.88 Å². The molecule has 1 aromatic heterocycles. The molecule has 4 rings (SSSR count). The van der Waals surface area contributed by atoms with Gasteiger partial charge in [-0.25, -0.2) is 9.18 Å². The maximum Gasteiger partial charge on any atom is 0.341 e. The van der Waals surface area contributed by atoms with Gasteiger partial charge in [-0.2, -0.15) is 0 Å². The van der Waals surface area contributed by atoms with Gasteiger partial charge in [0.2, 0.25) is 5.43 Å². The molecule has 9 heteroatoms. The van der Waals surface area contributed by atoms with E-state index in [9.17, 15) is 19.1 Å². The Balaban J connectivity index is 0.00000210. The van der Waals surface area contributed by atoms with Crippen LogP contribution < -0.4 is 20.4 Å². The fraction of sp³-hybridized carbons (Fsp3) is 0.444. The number of halogens is 1. The van der Waals surface area contributed by atoms with Gasteiger partial charge in [0.15, 0.2) is 11.6 Å². The number of carboxylic acids is 1. The van der Waals surface area contributed by atoms with Crippen molar-refractivity contribution in [2.24, 2.45) is 0 Å². The van der Waals surface area contributed by atoms with Crippen LogP contribution in [0.2, 0.25) is 0 Å². The minimum atomic E-state index is -1.31. The van der Waals surface area contributed by atoms with Crippen molar-refractivity contribution in [3.05, 3.63) is 33.9 Å². The second kappa shape index (κ2) is 7.16. The zero-order valence-electron chi connectivity index (χ0n) is 14.9. The molecule has 1 saturated carbocycles. The van der Waals surface area contributed by atoms with E-state index in [1.165, 1.54) is 13.3 Å². The summed E-state index contributed by atoms with van der Waals surface area (Å²) >= 11 is 0.